The molecule has 1 aliphatic carbocycles. The van der Waals surface area contributed by atoms with Crippen molar-refractivity contribution in [2.45, 2.75) is 49.6 Å². The van der Waals surface area contributed by atoms with Gasteiger partial charge in [-0.15, -0.1) is 0 Å². The van der Waals surface area contributed by atoms with Gasteiger partial charge in [-0.2, -0.15) is 9.40 Å². The van der Waals surface area contributed by atoms with Gasteiger partial charge in [0.15, 0.2) is 0 Å². The van der Waals surface area contributed by atoms with Gasteiger partial charge in [0.2, 0.25) is 15.9 Å². The molecule has 0 aliphatic heterocycles. The Balaban J connectivity index is 1.43. The molecule has 8 nitrogen and oxygen atoms in total. The molecule has 1 N–H and O–H groups in total. The predicted molar refractivity (Wildman–Crippen MR) is 131 cm³/mol. The number of amides is 1. The minimum atomic E-state index is -3.60. The van der Waals surface area contributed by atoms with E-state index < -0.39 is 15.9 Å². The van der Waals surface area contributed by atoms with Gasteiger partial charge in [-0.05, 0) is 43.2 Å². The maximum absolute atomic E-state index is 13.0. The second kappa shape index (κ2) is 10.3. The maximum atomic E-state index is 13.0. The molecule has 0 unspecified atom stereocenters. The van der Waals surface area contributed by atoms with Crippen molar-refractivity contribution in [2.24, 2.45) is 0 Å². The quantitative estimate of drug-likeness (QED) is 0.558. The molecule has 0 bridgehead atoms. The Labute approximate surface area is 199 Å². The van der Waals surface area contributed by atoms with Gasteiger partial charge in [0.25, 0.3) is 5.56 Å². The molecule has 1 amide bonds. The largest absolute Gasteiger partial charge is 0.324 e. The van der Waals surface area contributed by atoms with E-state index in [0.717, 1.165) is 42.3 Å². The summed E-state index contributed by atoms with van der Waals surface area (Å²) in [6.07, 6.45) is 4.99. The number of sulfonamides is 1. The van der Waals surface area contributed by atoms with Crippen LogP contribution in [0.1, 0.15) is 32.1 Å². The number of aromatic nitrogens is 2. The van der Waals surface area contributed by atoms with Gasteiger partial charge >= 0.3 is 0 Å². The first-order valence-corrected chi connectivity index (χ1v) is 12.8. The molecular formula is C25H28N4O4S. The molecule has 1 fully saturated rings. The van der Waals surface area contributed by atoms with Crippen molar-refractivity contribution in [3.63, 3.8) is 0 Å². The van der Waals surface area contributed by atoms with Crippen LogP contribution in [0.15, 0.2) is 76.4 Å². The number of rotatable bonds is 7. The van der Waals surface area contributed by atoms with E-state index in [1.54, 1.807) is 25.2 Å². The van der Waals surface area contributed by atoms with Crippen LogP contribution >= 0.6 is 0 Å². The molecule has 178 valence electrons. The van der Waals surface area contributed by atoms with Crippen LogP contribution in [0.25, 0.3) is 11.3 Å². The highest BCUT2D eigenvalue weighted by atomic mass is 32.2. The summed E-state index contributed by atoms with van der Waals surface area (Å²) in [5.41, 5.74) is 1.48. The number of hydrogen-bond acceptors (Lipinski definition) is 5. The van der Waals surface area contributed by atoms with E-state index in [-0.39, 0.29) is 23.0 Å². The van der Waals surface area contributed by atoms with E-state index in [9.17, 15) is 18.0 Å². The zero-order chi connectivity index (χ0) is 24.1. The summed E-state index contributed by atoms with van der Waals surface area (Å²) in [5, 5.41) is 6.99. The van der Waals surface area contributed by atoms with Crippen LogP contribution in [0.3, 0.4) is 0 Å². The van der Waals surface area contributed by atoms with Crippen molar-refractivity contribution >= 4 is 21.6 Å². The number of nitrogens with one attached hydrogen (secondary N) is 1. The van der Waals surface area contributed by atoms with E-state index in [1.807, 2.05) is 30.3 Å². The molecular weight excluding hydrogens is 452 g/mol. The SMILES string of the molecule is CN(C1CCCCC1)S(=O)(=O)c1ccc(NC(=O)Cn2nc(-c3ccccc3)ccc2=O)cc1. The Morgan fingerprint density at radius 3 is 2.35 bits per heavy atom. The molecule has 0 spiro atoms. The fourth-order valence-corrected chi connectivity index (χ4v) is 5.59. The predicted octanol–water partition coefficient (Wildman–Crippen LogP) is 3.50. The van der Waals surface area contributed by atoms with Crippen LogP contribution in [0, 0.1) is 0 Å². The number of carbonyl (C=O) groups is 1. The smallest absolute Gasteiger partial charge is 0.267 e. The van der Waals surface area contributed by atoms with Crippen molar-refractivity contribution in [1.82, 2.24) is 14.1 Å². The fraction of sp³-hybridized carbons (Fsp3) is 0.320. The minimum absolute atomic E-state index is 0.0237. The van der Waals surface area contributed by atoms with Gasteiger partial charge in [0.1, 0.15) is 6.54 Å². The van der Waals surface area contributed by atoms with Crippen molar-refractivity contribution in [3.8, 4) is 11.3 Å². The topological polar surface area (TPSA) is 101 Å². The Morgan fingerprint density at radius 2 is 1.68 bits per heavy atom. The zero-order valence-corrected chi connectivity index (χ0v) is 19.9. The first-order chi connectivity index (χ1) is 16.3. The Morgan fingerprint density at radius 1 is 1.00 bits per heavy atom. The number of hydrogen-bond donors (Lipinski definition) is 1. The average molecular weight is 481 g/mol. The number of carbonyl (C=O) groups excluding carboxylic acids is 1. The third kappa shape index (κ3) is 5.43. The van der Waals surface area contributed by atoms with Crippen LogP contribution in [0.5, 0.6) is 0 Å². The Hall–Kier alpha value is -3.30. The van der Waals surface area contributed by atoms with Gasteiger partial charge in [0.05, 0.1) is 10.6 Å². The van der Waals surface area contributed by atoms with Gasteiger partial charge in [-0.25, -0.2) is 13.1 Å². The van der Waals surface area contributed by atoms with Crippen LogP contribution in [-0.2, 0) is 21.4 Å². The molecule has 4 rings (SSSR count). The third-order valence-electron chi connectivity index (χ3n) is 6.13. The fourth-order valence-electron chi connectivity index (χ4n) is 4.18. The summed E-state index contributed by atoms with van der Waals surface area (Å²) in [6.45, 7) is -0.260. The first kappa shape index (κ1) is 23.8. The Kier molecular flexibility index (Phi) is 7.23. The standard InChI is InChI=1S/C25H28N4O4S/c1-28(21-10-6-3-7-11-21)34(32,33)22-14-12-20(13-15-22)26-24(30)18-29-25(31)17-16-23(27-29)19-8-4-2-5-9-19/h2,4-5,8-9,12-17,21H,3,6-7,10-11,18H2,1H3,(H,26,30). The molecule has 3 aromatic rings. The van der Waals surface area contributed by atoms with Crippen molar-refractivity contribution in [2.75, 3.05) is 12.4 Å². The van der Waals surface area contributed by atoms with E-state index in [1.165, 1.54) is 22.5 Å². The summed E-state index contributed by atoms with van der Waals surface area (Å²) in [5.74, 6) is -0.435. The van der Waals surface area contributed by atoms with Crippen LogP contribution in [0.4, 0.5) is 5.69 Å². The van der Waals surface area contributed by atoms with Gasteiger partial charge in [-0.1, -0.05) is 49.6 Å². The lowest BCUT2D eigenvalue weighted by Gasteiger charge is -2.30. The molecule has 0 saturated heterocycles. The minimum Gasteiger partial charge on any atom is -0.324 e. The second-order valence-electron chi connectivity index (χ2n) is 8.47. The monoisotopic (exact) mass is 480 g/mol. The van der Waals surface area contributed by atoms with E-state index in [2.05, 4.69) is 10.4 Å². The number of anilines is 1. The lowest BCUT2D eigenvalue weighted by atomic mass is 9.96. The molecule has 1 aromatic heterocycles. The molecule has 34 heavy (non-hydrogen) atoms. The Bertz CT molecular complexity index is 1300. The van der Waals surface area contributed by atoms with E-state index >= 15 is 0 Å². The van der Waals surface area contributed by atoms with Crippen LogP contribution < -0.4 is 10.9 Å². The average Bonchev–Trinajstić information content (AvgIpc) is 2.86. The molecule has 0 radical (unpaired) electrons. The van der Waals surface area contributed by atoms with Crippen molar-refractivity contribution in [1.29, 1.82) is 0 Å². The molecule has 9 heteroatoms. The molecule has 0 atom stereocenters. The summed E-state index contributed by atoms with van der Waals surface area (Å²) in [7, 11) is -1.97. The highest BCUT2D eigenvalue weighted by molar-refractivity contribution is 7.89. The molecule has 1 heterocycles. The van der Waals surface area contributed by atoms with Crippen LogP contribution in [0.2, 0.25) is 0 Å². The highest BCUT2D eigenvalue weighted by Gasteiger charge is 2.28. The lowest BCUT2D eigenvalue weighted by Crippen LogP contribution is -2.38. The highest BCUT2D eigenvalue weighted by Crippen LogP contribution is 2.27. The summed E-state index contributed by atoms with van der Waals surface area (Å²) in [4.78, 5) is 24.9. The van der Waals surface area contributed by atoms with Gasteiger partial charge < -0.3 is 5.32 Å². The van der Waals surface area contributed by atoms with Crippen LogP contribution in [-0.4, -0.2) is 41.5 Å². The number of benzene rings is 2. The number of nitrogens with zero attached hydrogens (tertiary/aromatic N) is 3. The molecule has 1 saturated carbocycles. The molecule has 2 aromatic carbocycles. The summed E-state index contributed by atoms with van der Waals surface area (Å²) < 4.78 is 28.5. The van der Waals surface area contributed by atoms with E-state index in [4.69, 9.17) is 0 Å². The summed E-state index contributed by atoms with van der Waals surface area (Å²) >= 11 is 0. The summed E-state index contributed by atoms with van der Waals surface area (Å²) in [6, 6.07) is 18.5. The van der Waals surface area contributed by atoms with Crippen molar-refractivity contribution in [3.05, 3.63) is 77.1 Å². The maximum Gasteiger partial charge on any atom is 0.267 e. The lowest BCUT2D eigenvalue weighted by molar-refractivity contribution is -0.117. The van der Waals surface area contributed by atoms with Gasteiger partial charge in [0, 0.05) is 30.4 Å². The third-order valence-corrected chi connectivity index (χ3v) is 8.06. The zero-order valence-electron chi connectivity index (χ0n) is 19.1. The molecule has 1 aliphatic rings. The van der Waals surface area contributed by atoms with Gasteiger partial charge in [-0.3, -0.25) is 9.59 Å². The van der Waals surface area contributed by atoms with E-state index in [0.29, 0.717) is 11.4 Å². The first-order valence-electron chi connectivity index (χ1n) is 11.4. The second-order valence-corrected chi connectivity index (χ2v) is 10.5. The normalized spacial score (nSPS) is 14.8. The van der Waals surface area contributed by atoms with Crippen molar-refractivity contribution < 1.29 is 13.2 Å².